The molecule has 11 nitrogen and oxygen atoms in total. The number of hydrogen-bond donors (Lipinski definition) is 4. The van der Waals surface area contributed by atoms with Crippen LogP contribution in [0.1, 0.15) is 25.8 Å². The number of phenols is 1. The van der Waals surface area contributed by atoms with E-state index < -0.39 is 40.3 Å². The molecule has 2 amide bonds. The number of sulfonamides is 1. The van der Waals surface area contributed by atoms with Crippen molar-refractivity contribution in [3.63, 3.8) is 0 Å². The summed E-state index contributed by atoms with van der Waals surface area (Å²) in [7, 11) is -4.01. The third-order valence-corrected chi connectivity index (χ3v) is 9.33. The van der Waals surface area contributed by atoms with Crippen molar-refractivity contribution in [2.45, 2.75) is 49.8 Å². The number of rotatable bonds is 13. The van der Waals surface area contributed by atoms with Crippen LogP contribution >= 0.6 is 0 Å². The van der Waals surface area contributed by atoms with Gasteiger partial charge in [-0.25, -0.2) is 13.2 Å². The molecule has 0 unspecified atom stereocenters. The molecule has 1 aliphatic rings. The van der Waals surface area contributed by atoms with Gasteiger partial charge in [0.2, 0.25) is 10.0 Å². The Bertz CT molecular complexity index is 1500. The molecular weight excluding hydrogens is 572 g/mol. The normalized spacial score (nSPS) is 17.3. The van der Waals surface area contributed by atoms with Crippen LogP contribution in [0.25, 0.3) is 0 Å². The maximum Gasteiger partial charge on any atom is 0.415 e. The molecule has 43 heavy (non-hydrogen) atoms. The first kappa shape index (κ1) is 31.8. The van der Waals surface area contributed by atoms with Crippen molar-refractivity contribution >= 4 is 33.4 Å². The maximum absolute atomic E-state index is 13.7. The molecule has 0 spiro atoms. The Hall–Kier alpha value is -4.13. The fourth-order valence-corrected chi connectivity index (χ4v) is 6.37. The summed E-state index contributed by atoms with van der Waals surface area (Å²) in [6.07, 6.45) is -2.42. The van der Waals surface area contributed by atoms with E-state index >= 15 is 0 Å². The van der Waals surface area contributed by atoms with Gasteiger partial charge in [-0.1, -0.05) is 62.7 Å². The van der Waals surface area contributed by atoms with Crippen LogP contribution < -0.4 is 16.0 Å². The minimum atomic E-state index is -4.01. The number of para-hydroxylation sites is 2. The lowest BCUT2D eigenvalue weighted by molar-refractivity contribution is -0.129. The van der Waals surface area contributed by atoms with Crippen molar-refractivity contribution in [1.29, 1.82) is 0 Å². The first-order chi connectivity index (χ1) is 20.5. The van der Waals surface area contributed by atoms with Gasteiger partial charge in [-0.3, -0.25) is 9.69 Å². The monoisotopic (exact) mass is 610 g/mol. The lowest BCUT2D eigenvalue weighted by Gasteiger charge is -2.31. The Labute approximate surface area is 251 Å². The van der Waals surface area contributed by atoms with Crippen molar-refractivity contribution in [3.05, 3.63) is 84.4 Å². The van der Waals surface area contributed by atoms with E-state index in [0.29, 0.717) is 12.1 Å². The van der Waals surface area contributed by atoms with E-state index in [9.17, 15) is 28.2 Å². The summed E-state index contributed by atoms with van der Waals surface area (Å²) in [5.74, 6) is -0.793. The van der Waals surface area contributed by atoms with Gasteiger partial charge in [0.05, 0.1) is 29.3 Å². The number of nitrogens with two attached hydrogens (primary N) is 1. The number of carbonyl (C=O) groups excluding carboxylic acids is 2. The van der Waals surface area contributed by atoms with Crippen LogP contribution in [0.5, 0.6) is 5.75 Å². The first-order valence-corrected chi connectivity index (χ1v) is 15.6. The molecule has 0 saturated carbocycles. The van der Waals surface area contributed by atoms with Crippen molar-refractivity contribution in [3.8, 4) is 5.75 Å². The molecule has 5 N–H and O–H groups in total. The SMILES string of the molecule is CC[C@H](C)CN(C[C@@H](O)[C@H](Cc1ccccc1)NC(=O)[C@@H]1CN(c2ccccc2O)C(=O)O1)S(=O)(=O)c1ccc(N)cc1. The van der Waals surface area contributed by atoms with Crippen LogP contribution in [0.4, 0.5) is 16.2 Å². The zero-order chi connectivity index (χ0) is 31.1. The van der Waals surface area contributed by atoms with Gasteiger partial charge in [0.25, 0.3) is 5.91 Å². The number of amides is 2. The molecule has 0 radical (unpaired) electrons. The highest BCUT2D eigenvalue weighted by Gasteiger charge is 2.40. The van der Waals surface area contributed by atoms with Crippen LogP contribution in [0.2, 0.25) is 0 Å². The fraction of sp³-hybridized carbons (Fsp3) is 0.355. The van der Waals surface area contributed by atoms with Gasteiger partial charge in [0.15, 0.2) is 6.10 Å². The zero-order valence-corrected chi connectivity index (χ0v) is 25.0. The van der Waals surface area contributed by atoms with Crippen molar-refractivity contribution < 1.29 is 33.0 Å². The number of ether oxygens (including phenoxy) is 1. The summed E-state index contributed by atoms with van der Waals surface area (Å²) in [4.78, 5) is 27.2. The highest BCUT2D eigenvalue weighted by Crippen LogP contribution is 2.30. The number of aliphatic hydroxyl groups excluding tert-OH is 1. The molecule has 0 aliphatic carbocycles. The first-order valence-electron chi connectivity index (χ1n) is 14.1. The van der Waals surface area contributed by atoms with Crippen molar-refractivity contribution in [1.82, 2.24) is 9.62 Å². The van der Waals surface area contributed by atoms with E-state index in [1.165, 1.54) is 40.7 Å². The van der Waals surface area contributed by atoms with Crippen LogP contribution in [0.3, 0.4) is 0 Å². The summed E-state index contributed by atoms with van der Waals surface area (Å²) in [5, 5.41) is 24.5. The van der Waals surface area contributed by atoms with Crippen molar-refractivity contribution in [2.75, 3.05) is 30.3 Å². The smallest absolute Gasteiger partial charge is 0.415 e. The number of anilines is 2. The average Bonchev–Trinajstić information content (AvgIpc) is 3.38. The molecule has 4 atom stereocenters. The van der Waals surface area contributed by atoms with Gasteiger partial charge in [0.1, 0.15) is 5.75 Å². The number of nitrogens with one attached hydrogen (secondary N) is 1. The second-order valence-electron chi connectivity index (χ2n) is 10.7. The summed E-state index contributed by atoms with van der Waals surface area (Å²) in [6, 6.07) is 20.3. The second-order valence-corrected chi connectivity index (χ2v) is 12.7. The fourth-order valence-electron chi connectivity index (χ4n) is 4.79. The molecule has 0 bridgehead atoms. The quantitative estimate of drug-likeness (QED) is 0.215. The van der Waals surface area contributed by atoms with E-state index in [2.05, 4.69) is 5.32 Å². The number of nitrogens with zero attached hydrogens (tertiary/aromatic N) is 2. The average molecular weight is 611 g/mol. The second kappa shape index (κ2) is 13.9. The van der Waals surface area contributed by atoms with Crippen LogP contribution in [-0.2, 0) is 26.0 Å². The third-order valence-electron chi connectivity index (χ3n) is 7.49. The van der Waals surface area contributed by atoms with E-state index in [0.717, 1.165) is 10.5 Å². The number of phenolic OH excluding ortho intramolecular Hbond substituents is 1. The molecule has 4 rings (SSSR count). The molecule has 1 heterocycles. The summed E-state index contributed by atoms with van der Waals surface area (Å²) in [6.45, 7) is 3.59. The zero-order valence-electron chi connectivity index (χ0n) is 24.2. The van der Waals surface area contributed by atoms with Crippen LogP contribution in [0.15, 0.2) is 83.8 Å². The Balaban J connectivity index is 1.56. The maximum atomic E-state index is 13.7. The molecule has 1 fully saturated rings. The summed E-state index contributed by atoms with van der Waals surface area (Å²) >= 11 is 0. The molecule has 0 aromatic heterocycles. The highest BCUT2D eigenvalue weighted by molar-refractivity contribution is 7.89. The number of hydrogen-bond acceptors (Lipinski definition) is 8. The standard InChI is InChI=1S/C31H38N4O7S/c1-3-21(2)18-34(43(40,41)24-15-13-23(32)14-16-24)19-28(37)25(17-22-9-5-4-6-10-22)33-30(38)29-20-35(31(39)42-29)26-11-7-8-12-27(26)36/h4-16,21,25,28-29,36-37H,3,17-20,32H2,1-2H3,(H,33,38)/t21-,25-,28+,29-/m0/s1. The molecule has 3 aromatic carbocycles. The molecule has 230 valence electrons. The number of aliphatic hydroxyl groups is 1. The lowest BCUT2D eigenvalue weighted by Crippen LogP contribution is -2.53. The Morgan fingerprint density at radius 1 is 1.07 bits per heavy atom. The van der Waals surface area contributed by atoms with Crippen molar-refractivity contribution in [2.24, 2.45) is 5.92 Å². The topological polar surface area (TPSA) is 163 Å². The number of cyclic esters (lactones) is 1. The van der Waals surface area contributed by atoms with E-state index in [1.807, 2.05) is 44.2 Å². The number of nitrogen functional groups attached to an aromatic ring is 1. The minimum absolute atomic E-state index is 0.00351. The Morgan fingerprint density at radius 2 is 1.72 bits per heavy atom. The van der Waals surface area contributed by atoms with E-state index in [1.54, 1.807) is 12.1 Å². The van der Waals surface area contributed by atoms with Gasteiger partial charge in [0, 0.05) is 18.8 Å². The van der Waals surface area contributed by atoms with Gasteiger partial charge < -0.3 is 26.0 Å². The minimum Gasteiger partial charge on any atom is -0.506 e. The van der Waals surface area contributed by atoms with Crippen LogP contribution in [0, 0.1) is 5.92 Å². The summed E-state index contributed by atoms with van der Waals surface area (Å²) < 4.78 is 33.9. The predicted octanol–water partition coefficient (Wildman–Crippen LogP) is 3.13. The van der Waals surface area contributed by atoms with Gasteiger partial charge >= 0.3 is 6.09 Å². The Kier molecular flexibility index (Phi) is 10.3. The molecule has 3 aromatic rings. The van der Waals surface area contributed by atoms with E-state index in [-0.39, 0.29) is 48.3 Å². The van der Waals surface area contributed by atoms with Gasteiger partial charge in [-0.05, 0) is 54.3 Å². The van der Waals surface area contributed by atoms with Gasteiger partial charge in [-0.15, -0.1) is 0 Å². The number of benzene rings is 3. The number of carbonyl (C=O) groups is 2. The highest BCUT2D eigenvalue weighted by atomic mass is 32.2. The molecule has 12 heteroatoms. The predicted molar refractivity (Wildman–Crippen MR) is 163 cm³/mol. The third kappa shape index (κ3) is 7.83. The lowest BCUT2D eigenvalue weighted by atomic mass is 10.0. The van der Waals surface area contributed by atoms with Crippen LogP contribution in [-0.4, -0.2) is 72.8 Å². The molecule has 1 aliphatic heterocycles. The Morgan fingerprint density at radius 3 is 2.37 bits per heavy atom. The number of aromatic hydroxyl groups is 1. The molecule has 1 saturated heterocycles. The van der Waals surface area contributed by atoms with Gasteiger partial charge in [-0.2, -0.15) is 4.31 Å². The van der Waals surface area contributed by atoms with E-state index in [4.69, 9.17) is 10.5 Å². The summed E-state index contributed by atoms with van der Waals surface area (Å²) in [5.41, 5.74) is 7.20. The largest absolute Gasteiger partial charge is 0.506 e. The molecular formula is C31H38N4O7S.